The van der Waals surface area contributed by atoms with Crippen LogP contribution in [0.15, 0.2) is 24.3 Å². The number of nitrogens with one attached hydrogen (secondary N) is 2. The highest BCUT2D eigenvalue weighted by atomic mass is 16.5. The second-order valence-electron chi connectivity index (χ2n) is 5.07. The lowest BCUT2D eigenvalue weighted by atomic mass is 10.3. The highest BCUT2D eigenvalue weighted by Gasteiger charge is 2.18. The van der Waals surface area contributed by atoms with Gasteiger partial charge in [-0.25, -0.2) is 28.7 Å². The number of benzene rings is 1. The van der Waals surface area contributed by atoms with Crippen molar-refractivity contribution < 1.29 is 34.1 Å². The summed E-state index contributed by atoms with van der Waals surface area (Å²) in [7, 11) is 1.25. The molecule has 0 unspecified atom stereocenters. The third-order valence-corrected chi connectivity index (χ3v) is 3.15. The molecule has 27 heavy (non-hydrogen) atoms. The molecule has 1 heterocycles. The minimum absolute atomic E-state index is 0.136. The van der Waals surface area contributed by atoms with E-state index in [2.05, 4.69) is 20.4 Å². The van der Waals surface area contributed by atoms with Gasteiger partial charge in [-0.3, -0.25) is 5.32 Å². The Labute approximate surface area is 153 Å². The van der Waals surface area contributed by atoms with Crippen LogP contribution < -0.4 is 10.6 Å². The number of carboxylic acid groups (broad SMARTS) is 2. The molecule has 1 aromatic carbocycles. The standard InChI is InChI=1S/C14H18N4O3.C2H2O4/c1-3-4-9-15-13(19)18-11-8-6-5-7-10(11)16-12(18)17-14(20)21-2;3-1(4)2(5)6/h5-8H,3-4,9H2,1-2H3,(H,15,19)(H,16,17,20);(H,3,4)(H,5,6). The highest BCUT2D eigenvalue weighted by Crippen LogP contribution is 2.19. The van der Waals surface area contributed by atoms with E-state index in [1.54, 1.807) is 12.1 Å². The lowest BCUT2D eigenvalue weighted by Crippen LogP contribution is -2.31. The molecule has 0 fully saturated rings. The molecule has 1 aromatic heterocycles. The van der Waals surface area contributed by atoms with Crippen LogP contribution >= 0.6 is 0 Å². The third kappa shape index (κ3) is 6.30. The molecule has 0 aliphatic carbocycles. The zero-order valence-corrected chi connectivity index (χ0v) is 14.8. The Morgan fingerprint density at radius 1 is 1.15 bits per heavy atom. The maximum Gasteiger partial charge on any atom is 0.414 e. The minimum Gasteiger partial charge on any atom is -0.473 e. The average molecular weight is 380 g/mol. The molecule has 4 N–H and O–H groups in total. The molecule has 0 saturated carbocycles. The van der Waals surface area contributed by atoms with E-state index < -0.39 is 18.0 Å². The monoisotopic (exact) mass is 380 g/mol. The van der Waals surface area contributed by atoms with Crippen LogP contribution in [-0.2, 0) is 14.3 Å². The number of carbonyl (C=O) groups is 4. The van der Waals surface area contributed by atoms with Gasteiger partial charge in [0.2, 0.25) is 5.95 Å². The van der Waals surface area contributed by atoms with Crippen molar-refractivity contribution in [1.82, 2.24) is 14.9 Å². The first-order chi connectivity index (χ1) is 12.8. The van der Waals surface area contributed by atoms with E-state index in [4.69, 9.17) is 19.8 Å². The summed E-state index contributed by atoms with van der Waals surface area (Å²) in [6.45, 7) is 2.61. The second-order valence-corrected chi connectivity index (χ2v) is 5.07. The summed E-state index contributed by atoms with van der Waals surface area (Å²) >= 11 is 0. The molecular formula is C16H20N4O7. The number of carboxylic acids is 2. The highest BCUT2D eigenvalue weighted by molar-refractivity contribution is 6.27. The van der Waals surface area contributed by atoms with Crippen LogP contribution in [0.2, 0.25) is 0 Å². The normalized spacial score (nSPS) is 9.70. The number of anilines is 1. The number of aliphatic carboxylic acids is 2. The Kier molecular flexibility index (Phi) is 8.23. The number of aromatic nitrogens is 2. The van der Waals surface area contributed by atoms with E-state index in [-0.39, 0.29) is 12.0 Å². The molecular weight excluding hydrogens is 360 g/mol. The molecule has 0 aliphatic heterocycles. The molecule has 11 heteroatoms. The van der Waals surface area contributed by atoms with E-state index >= 15 is 0 Å². The van der Waals surface area contributed by atoms with Crippen LogP contribution in [-0.4, -0.2) is 57.5 Å². The van der Waals surface area contributed by atoms with Crippen LogP contribution in [0.1, 0.15) is 19.8 Å². The predicted octanol–water partition coefficient (Wildman–Crippen LogP) is 1.73. The Morgan fingerprint density at radius 2 is 1.78 bits per heavy atom. The van der Waals surface area contributed by atoms with Crippen molar-refractivity contribution in [3.63, 3.8) is 0 Å². The third-order valence-electron chi connectivity index (χ3n) is 3.15. The number of ether oxygens (including phenoxy) is 1. The smallest absolute Gasteiger partial charge is 0.414 e. The molecule has 0 aliphatic rings. The molecule has 2 amide bonds. The topological polar surface area (TPSA) is 160 Å². The second kappa shape index (κ2) is 10.4. The van der Waals surface area contributed by atoms with E-state index in [1.807, 2.05) is 19.1 Å². The number of hydrogen-bond donors (Lipinski definition) is 4. The zero-order chi connectivity index (χ0) is 20.4. The lowest BCUT2D eigenvalue weighted by Gasteiger charge is -2.09. The summed E-state index contributed by atoms with van der Waals surface area (Å²) in [5.74, 6) is -3.51. The SMILES string of the molecule is CCCCNC(=O)n1c(NC(=O)OC)nc2ccccc21.O=C(O)C(=O)O. The van der Waals surface area contributed by atoms with Gasteiger partial charge >= 0.3 is 24.1 Å². The molecule has 0 spiro atoms. The van der Waals surface area contributed by atoms with Crippen LogP contribution in [0.4, 0.5) is 15.5 Å². The first-order valence-corrected chi connectivity index (χ1v) is 7.88. The molecule has 146 valence electrons. The van der Waals surface area contributed by atoms with Crippen LogP contribution in [0.5, 0.6) is 0 Å². The summed E-state index contributed by atoms with van der Waals surface area (Å²) in [6, 6.07) is 6.83. The molecule has 0 radical (unpaired) electrons. The summed E-state index contributed by atoms with van der Waals surface area (Å²) in [5, 5.41) is 20.0. The molecule has 2 aromatic rings. The average Bonchev–Trinajstić information content (AvgIpc) is 2.99. The van der Waals surface area contributed by atoms with Crippen molar-refractivity contribution in [2.75, 3.05) is 19.0 Å². The summed E-state index contributed by atoms with van der Waals surface area (Å²) in [5.41, 5.74) is 1.24. The van der Waals surface area contributed by atoms with Gasteiger partial charge in [-0.05, 0) is 18.6 Å². The van der Waals surface area contributed by atoms with Gasteiger partial charge in [0.1, 0.15) is 0 Å². The fraction of sp³-hybridized carbons (Fsp3) is 0.312. The first kappa shape index (κ1) is 21.4. The molecule has 0 saturated heterocycles. The number of imidazole rings is 1. The van der Waals surface area contributed by atoms with Crippen molar-refractivity contribution in [2.24, 2.45) is 0 Å². The summed E-state index contributed by atoms with van der Waals surface area (Å²) in [4.78, 5) is 46.1. The Hall–Kier alpha value is -3.63. The van der Waals surface area contributed by atoms with Crippen LogP contribution in [0.3, 0.4) is 0 Å². The maximum atomic E-state index is 12.3. The number of hydrogen-bond acceptors (Lipinski definition) is 6. The fourth-order valence-electron chi connectivity index (χ4n) is 1.91. The van der Waals surface area contributed by atoms with Crippen LogP contribution in [0, 0.1) is 0 Å². The van der Waals surface area contributed by atoms with E-state index in [9.17, 15) is 9.59 Å². The van der Waals surface area contributed by atoms with E-state index in [1.165, 1.54) is 11.7 Å². The largest absolute Gasteiger partial charge is 0.473 e. The number of unbranched alkanes of at least 4 members (excludes halogenated alkanes) is 1. The minimum atomic E-state index is -1.82. The first-order valence-electron chi connectivity index (χ1n) is 7.88. The van der Waals surface area contributed by atoms with Gasteiger partial charge < -0.3 is 20.3 Å². The van der Waals surface area contributed by atoms with Crippen molar-refractivity contribution in [2.45, 2.75) is 19.8 Å². The van der Waals surface area contributed by atoms with Crippen molar-refractivity contribution in [3.05, 3.63) is 24.3 Å². The van der Waals surface area contributed by atoms with Gasteiger partial charge in [0.15, 0.2) is 0 Å². The van der Waals surface area contributed by atoms with Crippen LogP contribution in [0.25, 0.3) is 11.0 Å². The molecule has 0 atom stereocenters. The number of fused-ring (bicyclic) bond motifs is 1. The van der Waals surface area contributed by atoms with Crippen molar-refractivity contribution >= 4 is 41.0 Å². The maximum absolute atomic E-state index is 12.3. The summed E-state index contributed by atoms with van der Waals surface area (Å²) < 4.78 is 5.88. The van der Waals surface area contributed by atoms with Gasteiger partial charge in [0.25, 0.3) is 0 Å². The molecule has 2 rings (SSSR count). The molecule has 0 bridgehead atoms. The Balaban J connectivity index is 0.000000527. The van der Waals surface area contributed by atoms with Gasteiger partial charge in [-0.2, -0.15) is 0 Å². The number of methoxy groups -OCH3 is 1. The number of carbonyl (C=O) groups excluding carboxylic acids is 2. The summed E-state index contributed by atoms with van der Waals surface area (Å²) in [6.07, 6.45) is 1.20. The van der Waals surface area contributed by atoms with Gasteiger partial charge in [0.05, 0.1) is 18.1 Å². The zero-order valence-electron chi connectivity index (χ0n) is 14.8. The number of rotatable bonds is 4. The quantitative estimate of drug-likeness (QED) is 0.461. The Bertz CT molecular complexity index is 819. The number of amides is 2. The van der Waals surface area contributed by atoms with Crippen molar-refractivity contribution in [3.8, 4) is 0 Å². The van der Waals surface area contributed by atoms with Crippen molar-refractivity contribution in [1.29, 1.82) is 0 Å². The number of para-hydroxylation sites is 2. The fourth-order valence-corrected chi connectivity index (χ4v) is 1.91. The van der Waals surface area contributed by atoms with Gasteiger partial charge in [0, 0.05) is 6.54 Å². The predicted molar refractivity (Wildman–Crippen MR) is 94.7 cm³/mol. The van der Waals surface area contributed by atoms with E-state index in [0.29, 0.717) is 17.6 Å². The van der Waals surface area contributed by atoms with Gasteiger partial charge in [-0.15, -0.1) is 0 Å². The Morgan fingerprint density at radius 3 is 2.33 bits per heavy atom. The number of nitrogens with zero attached hydrogens (tertiary/aromatic N) is 2. The molecule has 11 nitrogen and oxygen atoms in total. The van der Waals surface area contributed by atoms with Gasteiger partial charge in [-0.1, -0.05) is 25.5 Å². The lowest BCUT2D eigenvalue weighted by molar-refractivity contribution is -0.159. The van der Waals surface area contributed by atoms with E-state index in [0.717, 1.165) is 12.8 Å².